The van der Waals surface area contributed by atoms with E-state index in [1.165, 1.54) is 37.5 Å². The minimum absolute atomic E-state index is 0.420. The van der Waals surface area contributed by atoms with E-state index in [4.69, 9.17) is 4.98 Å². The van der Waals surface area contributed by atoms with E-state index in [9.17, 15) is 0 Å². The second kappa shape index (κ2) is 6.18. The molecule has 28 heavy (non-hydrogen) atoms. The molecule has 0 bridgehead atoms. The van der Waals surface area contributed by atoms with E-state index >= 15 is 0 Å². The molecule has 134 valence electrons. The molecule has 2 nitrogen and oxygen atoms in total. The third-order valence-corrected chi connectivity index (χ3v) is 6.61. The number of hydrogen-bond acceptors (Lipinski definition) is 2. The number of allylic oxidation sites excluding steroid dienone is 4. The summed E-state index contributed by atoms with van der Waals surface area (Å²) in [4.78, 5) is 4.77. The Labute approximate surface area is 167 Å². The Morgan fingerprint density at radius 2 is 1.93 bits per heavy atom. The monoisotopic (exact) mass is 378 g/mol. The van der Waals surface area contributed by atoms with Crippen LogP contribution in [-0.4, -0.2) is 9.55 Å². The van der Waals surface area contributed by atoms with Crippen molar-refractivity contribution in [2.45, 2.75) is 12.3 Å². The molecule has 0 N–H and O–H groups in total. The lowest BCUT2D eigenvalue weighted by molar-refractivity contribution is 0.847. The summed E-state index contributed by atoms with van der Waals surface area (Å²) in [6, 6.07) is 19.7. The van der Waals surface area contributed by atoms with Crippen molar-refractivity contribution in [3.05, 3.63) is 96.0 Å². The molecule has 5 aromatic rings. The Morgan fingerprint density at radius 3 is 2.86 bits per heavy atom. The maximum Gasteiger partial charge on any atom is 0.137 e. The molecule has 1 unspecified atom stereocenters. The molecule has 0 saturated carbocycles. The van der Waals surface area contributed by atoms with Crippen molar-refractivity contribution in [1.29, 1.82) is 0 Å². The first-order valence-corrected chi connectivity index (χ1v) is 10.5. The van der Waals surface area contributed by atoms with Gasteiger partial charge < -0.3 is 0 Å². The summed E-state index contributed by atoms with van der Waals surface area (Å²) in [6.45, 7) is 0. The maximum atomic E-state index is 4.77. The van der Waals surface area contributed by atoms with Crippen LogP contribution < -0.4 is 0 Å². The van der Waals surface area contributed by atoms with E-state index < -0.39 is 0 Å². The van der Waals surface area contributed by atoms with Gasteiger partial charge in [-0.25, -0.2) is 4.98 Å². The van der Waals surface area contributed by atoms with Gasteiger partial charge in [0.25, 0.3) is 0 Å². The van der Waals surface area contributed by atoms with Crippen molar-refractivity contribution >= 4 is 43.2 Å². The summed E-state index contributed by atoms with van der Waals surface area (Å²) in [5.41, 5.74) is 3.75. The lowest BCUT2D eigenvalue weighted by atomic mass is 9.93. The molecule has 3 heterocycles. The van der Waals surface area contributed by atoms with Crippen LogP contribution in [0.5, 0.6) is 0 Å². The largest absolute Gasteiger partial charge is 0.294 e. The fraction of sp³-hybridized carbons (Fsp3) is 0.0800. The Hall–Kier alpha value is -3.17. The van der Waals surface area contributed by atoms with Crippen LogP contribution in [0, 0.1) is 0 Å². The number of nitrogens with zero attached hydrogens (tertiary/aromatic N) is 2. The molecule has 2 aromatic carbocycles. The van der Waals surface area contributed by atoms with E-state index in [2.05, 4.69) is 88.8 Å². The number of rotatable bonds is 2. The van der Waals surface area contributed by atoms with Crippen molar-refractivity contribution in [3.63, 3.8) is 0 Å². The summed E-state index contributed by atoms with van der Waals surface area (Å²) in [7, 11) is 0. The Kier molecular flexibility index (Phi) is 3.50. The first kappa shape index (κ1) is 15.8. The van der Waals surface area contributed by atoms with E-state index in [0.29, 0.717) is 5.92 Å². The summed E-state index contributed by atoms with van der Waals surface area (Å²) in [5, 5.41) is 6.10. The van der Waals surface area contributed by atoms with Crippen LogP contribution in [0.25, 0.3) is 37.7 Å². The Balaban J connectivity index is 1.66. The standard InChI is InChI=1S/C25H18N2S/c1-2-6-17(7-3-1)19-12-14-26-23(16-19)27-21-9-5-4-8-20(21)24-22(27)11-10-18-13-15-28-25(18)24/h1-6,8-17H,7H2. The van der Waals surface area contributed by atoms with Gasteiger partial charge in [0.05, 0.1) is 11.0 Å². The lowest BCUT2D eigenvalue weighted by Gasteiger charge is -2.15. The fourth-order valence-electron chi connectivity index (χ4n) is 4.34. The SMILES string of the molecule is C1=CCC(c2ccnc(-n3c4ccccc4c4c5sccc5ccc43)c2)C=C1. The van der Waals surface area contributed by atoms with Crippen LogP contribution in [0.4, 0.5) is 0 Å². The zero-order valence-corrected chi connectivity index (χ0v) is 16.1. The van der Waals surface area contributed by atoms with Crippen molar-refractivity contribution in [2.24, 2.45) is 0 Å². The zero-order valence-electron chi connectivity index (χ0n) is 15.2. The molecule has 0 spiro atoms. The van der Waals surface area contributed by atoms with Gasteiger partial charge in [-0.2, -0.15) is 0 Å². The van der Waals surface area contributed by atoms with Crippen molar-refractivity contribution < 1.29 is 0 Å². The smallest absolute Gasteiger partial charge is 0.137 e. The first-order valence-electron chi connectivity index (χ1n) is 9.59. The van der Waals surface area contributed by atoms with Gasteiger partial charge in [-0.1, -0.05) is 48.6 Å². The molecular weight excluding hydrogens is 360 g/mol. The summed E-state index contributed by atoms with van der Waals surface area (Å²) in [5.74, 6) is 1.41. The molecule has 3 aromatic heterocycles. The van der Waals surface area contributed by atoms with Gasteiger partial charge in [-0.05, 0) is 53.1 Å². The first-order chi connectivity index (χ1) is 13.9. The highest BCUT2D eigenvalue weighted by Crippen LogP contribution is 2.38. The predicted octanol–water partition coefficient (Wildman–Crippen LogP) is 6.99. The highest BCUT2D eigenvalue weighted by Gasteiger charge is 2.17. The van der Waals surface area contributed by atoms with Gasteiger partial charge >= 0.3 is 0 Å². The van der Waals surface area contributed by atoms with Crippen molar-refractivity contribution in [1.82, 2.24) is 9.55 Å². The zero-order chi connectivity index (χ0) is 18.5. The number of pyridine rings is 1. The number of benzene rings is 2. The molecule has 3 heteroatoms. The van der Waals surface area contributed by atoms with Crippen molar-refractivity contribution in [2.75, 3.05) is 0 Å². The highest BCUT2D eigenvalue weighted by atomic mass is 32.1. The van der Waals surface area contributed by atoms with Gasteiger partial charge in [-0.15, -0.1) is 11.3 Å². The van der Waals surface area contributed by atoms with E-state index in [0.717, 1.165) is 12.2 Å². The molecule has 1 aliphatic carbocycles. The van der Waals surface area contributed by atoms with E-state index in [1.54, 1.807) is 0 Å². The highest BCUT2D eigenvalue weighted by molar-refractivity contribution is 7.18. The van der Waals surface area contributed by atoms with Crippen LogP contribution in [0.3, 0.4) is 0 Å². The molecule has 6 rings (SSSR count). The van der Waals surface area contributed by atoms with Crippen LogP contribution in [0.15, 0.2) is 90.5 Å². The number of hydrogen-bond donors (Lipinski definition) is 0. The summed E-state index contributed by atoms with van der Waals surface area (Å²) in [6.07, 6.45) is 11.8. The molecule has 0 saturated heterocycles. The van der Waals surface area contributed by atoms with Crippen LogP contribution >= 0.6 is 11.3 Å². The van der Waals surface area contributed by atoms with Gasteiger partial charge in [0, 0.05) is 27.6 Å². The minimum atomic E-state index is 0.420. The number of aromatic nitrogens is 2. The summed E-state index contributed by atoms with van der Waals surface area (Å²) >= 11 is 1.82. The summed E-state index contributed by atoms with van der Waals surface area (Å²) < 4.78 is 3.67. The van der Waals surface area contributed by atoms with Crippen LogP contribution in [-0.2, 0) is 0 Å². The molecule has 1 atom stereocenters. The molecule has 0 fully saturated rings. The quantitative estimate of drug-likeness (QED) is 0.323. The third-order valence-electron chi connectivity index (χ3n) is 5.66. The minimum Gasteiger partial charge on any atom is -0.294 e. The average molecular weight is 379 g/mol. The Morgan fingerprint density at radius 1 is 0.964 bits per heavy atom. The van der Waals surface area contributed by atoms with Gasteiger partial charge in [-0.3, -0.25) is 4.57 Å². The second-order valence-corrected chi connectivity index (χ2v) is 8.17. The van der Waals surface area contributed by atoms with Gasteiger partial charge in [0.2, 0.25) is 0 Å². The van der Waals surface area contributed by atoms with Crippen LogP contribution in [0.1, 0.15) is 17.9 Å². The second-order valence-electron chi connectivity index (χ2n) is 7.25. The molecule has 0 aliphatic heterocycles. The molecular formula is C25H18N2S. The van der Waals surface area contributed by atoms with Crippen LogP contribution in [0.2, 0.25) is 0 Å². The lowest BCUT2D eigenvalue weighted by Crippen LogP contribution is -2.01. The number of para-hydroxylation sites is 1. The normalized spacial score (nSPS) is 16.5. The van der Waals surface area contributed by atoms with Gasteiger partial charge in [0.1, 0.15) is 5.82 Å². The molecule has 1 aliphatic rings. The third kappa shape index (κ3) is 2.30. The number of thiophene rings is 1. The number of fused-ring (bicyclic) bond motifs is 5. The molecule has 0 radical (unpaired) electrons. The fourth-order valence-corrected chi connectivity index (χ4v) is 5.30. The molecule has 0 amide bonds. The van der Waals surface area contributed by atoms with E-state index in [-0.39, 0.29) is 0 Å². The predicted molar refractivity (Wildman–Crippen MR) is 120 cm³/mol. The topological polar surface area (TPSA) is 17.8 Å². The van der Waals surface area contributed by atoms with Crippen molar-refractivity contribution in [3.8, 4) is 5.82 Å². The maximum absolute atomic E-state index is 4.77. The Bertz CT molecular complexity index is 1400. The van der Waals surface area contributed by atoms with Gasteiger partial charge in [0.15, 0.2) is 0 Å². The average Bonchev–Trinajstić information content (AvgIpc) is 3.36. The van der Waals surface area contributed by atoms with E-state index in [1.807, 2.05) is 17.5 Å².